The van der Waals surface area contributed by atoms with Crippen molar-refractivity contribution >= 4 is 39.3 Å². The minimum atomic E-state index is -0.561. The number of para-hydroxylation sites is 1. The van der Waals surface area contributed by atoms with Gasteiger partial charge in [-0.05, 0) is 62.1 Å². The van der Waals surface area contributed by atoms with E-state index < -0.39 is 5.97 Å². The molecule has 1 aromatic heterocycles. The van der Waals surface area contributed by atoms with Crippen LogP contribution in [0.2, 0.25) is 0 Å². The molecule has 3 aromatic carbocycles. The van der Waals surface area contributed by atoms with E-state index in [-0.39, 0.29) is 5.78 Å². The van der Waals surface area contributed by atoms with Gasteiger partial charge in [-0.15, -0.1) is 0 Å². The molecule has 0 aliphatic heterocycles. The minimum Gasteiger partial charge on any atom is -0.341 e. The molecule has 0 N–H and O–H groups in total. The zero-order chi connectivity index (χ0) is 22.8. The molecule has 4 aromatic rings. The Morgan fingerprint density at radius 2 is 1.64 bits per heavy atom. The third kappa shape index (κ3) is 4.31. The van der Waals surface area contributed by atoms with Crippen LogP contribution in [0.15, 0.2) is 78.0 Å². The number of Topliss-reactive ketones (excluding diaryl/α,β-unsaturated/α-hetero) is 1. The molecule has 0 amide bonds. The normalized spacial score (nSPS) is 14.0. The third-order valence-electron chi connectivity index (χ3n) is 6.35. The van der Waals surface area contributed by atoms with Crippen molar-refractivity contribution in [3.63, 3.8) is 0 Å². The summed E-state index contributed by atoms with van der Waals surface area (Å²) in [6, 6.07) is 22.7. The Balaban J connectivity index is 1.47. The van der Waals surface area contributed by atoms with Gasteiger partial charge in [0.15, 0.2) is 0 Å². The highest BCUT2D eigenvalue weighted by atomic mass is 16.7. The molecular weight excluding hydrogens is 412 g/mol. The van der Waals surface area contributed by atoms with E-state index >= 15 is 0 Å². The molecule has 1 saturated carbocycles. The number of ketones is 1. The molecule has 33 heavy (non-hydrogen) atoms. The van der Waals surface area contributed by atoms with Crippen LogP contribution in [0.1, 0.15) is 53.3 Å². The van der Waals surface area contributed by atoms with Gasteiger partial charge >= 0.3 is 5.97 Å². The number of oxime groups is 1. The summed E-state index contributed by atoms with van der Waals surface area (Å²) in [6.45, 7) is 2.97. The zero-order valence-corrected chi connectivity index (χ0v) is 18.7. The molecular formula is C28H26N2O3. The van der Waals surface area contributed by atoms with Crippen molar-refractivity contribution in [3.05, 3.63) is 83.9 Å². The number of aryl methyl sites for hydroxylation is 1. The maximum absolute atomic E-state index is 13.5. The summed E-state index contributed by atoms with van der Waals surface area (Å²) in [5.74, 6) is -0.113. The molecule has 5 heteroatoms. The van der Waals surface area contributed by atoms with Crippen molar-refractivity contribution < 1.29 is 14.4 Å². The molecule has 1 heterocycles. The maximum atomic E-state index is 13.5. The average Bonchev–Trinajstić information content (AvgIpc) is 3.64. The third-order valence-corrected chi connectivity index (χ3v) is 6.35. The van der Waals surface area contributed by atoms with E-state index in [1.165, 1.54) is 12.8 Å². The summed E-state index contributed by atoms with van der Waals surface area (Å²) in [5.41, 5.74) is 3.52. The van der Waals surface area contributed by atoms with Gasteiger partial charge in [0.2, 0.25) is 5.78 Å². The Morgan fingerprint density at radius 3 is 2.39 bits per heavy atom. The molecule has 0 unspecified atom stereocenters. The highest BCUT2D eigenvalue weighted by molar-refractivity contribution is 6.46. The molecule has 1 fully saturated rings. The van der Waals surface area contributed by atoms with Crippen LogP contribution in [-0.4, -0.2) is 22.0 Å². The number of carbonyl (C=O) groups is 2. The lowest BCUT2D eigenvalue weighted by Gasteiger charge is -2.07. The van der Waals surface area contributed by atoms with Crippen LogP contribution >= 0.6 is 0 Å². The van der Waals surface area contributed by atoms with Crippen LogP contribution in [0, 0.1) is 5.92 Å². The number of hydrogen-bond acceptors (Lipinski definition) is 4. The minimum absolute atomic E-state index is 0.188. The van der Waals surface area contributed by atoms with E-state index in [2.05, 4.69) is 28.8 Å². The van der Waals surface area contributed by atoms with Gasteiger partial charge in [0.1, 0.15) is 5.71 Å². The number of aromatic nitrogens is 1. The largest absolute Gasteiger partial charge is 0.365 e. The Morgan fingerprint density at radius 1 is 0.909 bits per heavy atom. The van der Waals surface area contributed by atoms with E-state index in [1.54, 1.807) is 24.3 Å². The first-order valence-electron chi connectivity index (χ1n) is 11.5. The quantitative estimate of drug-likeness (QED) is 0.138. The predicted molar refractivity (Wildman–Crippen MR) is 131 cm³/mol. The van der Waals surface area contributed by atoms with Gasteiger partial charge in [0.05, 0.1) is 5.56 Å². The topological polar surface area (TPSA) is 60.7 Å². The van der Waals surface area contributed by atoms with E-state index in [1.807, 2.05) is 36.4 Å². The van der Waals surface area contributed by atoms with Gasteiger partial charge in [0, 0.05) is 33.9 Å². The SMILES string of the molecule is CCn1c2ccccc2c2cc(C(=O)/C(CCC3CC3)=N/OC(=O)c3ccccc3)ccc21. The predicted octanol–water partition coefficient (Wildman–Crippen LogP) is 6.40. The van der Waals surface area contributed by atoms with Crippen molar-refractivity contribution in [1.82, 2.24) is 4.57 Å². The molecule has 1 aliphatic carbocycles. The second kappa shape index (κ2) is 9.02. The van der Waals surface area contributed by atoms with Crippen molar-refractivity contribution in [1.29, 1.82) is 0 Å². The van der Waals surface area contributed by atoms with Crippen LogP contribution in [0.25, 0.3) is 21.8 Å². The van der Waals surface area contributed by atoms with Crippen molar-refractivity contribution in [3.8, 4) is 0 Å². The lowest BCUT2D eigenvalue weighted by Crippen LogP contribution is -2.16. The molecule has 0 bridgehead atoms. The summed E-state index contributed by atoms with van der Waals surface area (Å²) >= 11 is 0. The fourth-order valence-corrected chi connectivity index (χ4v) is 4.37. The fraction of sp³-hybridized carbons (Fsp3) is 0.250. The molecule has 0 radical (unpaired) electrons. The Labute approximate surface area is 192 Å². The molecule has 5 rings (SSSR count). The highest BCUT2D eigenvalue weighted by Gasteiger charge is 2.25. The van der Waals surface area contributed by atoms with Gasteiger partial charge in [-0.2, -0.15) is 0 Å². The highest BCUT2D eigenvalue weighted by Crippen LogP contribution is 2.34. The van der Waals surface area contributed by atoms with Gasteiger partial charge in [-0.3, -0.25) is 4.79 Å². The van der Waals surface area contributed by atoms with E-state index in [9.17, 15) is 9.59 Å². The lowest BCUT2D eigenvalue weighted by molar-refractivity contribution is 0.0514. The van der Waals surface area contributed by atoms with Crippen LogP contribution in [0.5, 0.6) is 0 Å². The van der Waals surface area contributed by atoms with E-state index in [4.69, 9.17) is 4.84 Å². The molecule has 0 atom stereocenters. The first-order valence-corrected chi connectivity index (χ1v) is 11.5. The molecule has 5 nitrogen and oxygen atoms in total. The standard InChI is InChI=1S/C28H26N2O3/c1-2-30-25-11-7-6-10-22(25)23-18-21(15-17-26(23)30)27(31)24(16-14-19-12-13-19)29-33-28(32)20-8-4-3-5-9-20/h3-11,15,17-19H,2,12-14,16H2,1H3/b29-24+. The van der Waals surface area contributed by atoms with Crippen LogP contribution in [0.4, 0.5) is 0 Å². The van der Waals surface area contributed by atoms with Crippen molar-refractivity contribution in [2.75, 3.05) is 0 Å². The molecule has 166 valence electrons. The second-order valence-corrected chi connectivity index (χ2v) is 8.59. The number of rotatable bonds is 8. The fourth-order valence-electron chi connectivity index (χ4n) is 4.37. The second-order valence-electron chi connectivity index (χ2n) is 8.59. The number of benzene rings is 3. The summed E-state index contributed by atoms with van der Waals surface area (Å²) in [7, 11) is 0. The number of carbonyl (C=O) groups excluding carboxylic acids is 2. The number of fused-ring (bicyclic) bond motifs is 3. The Hall–Kier alpha value is -3.73. The summed E-state index contributed by atoms with van der Waals surface area (Å²) in [4.78, 5) is 31.0. The molecule has 0 spiro atoms. The summed E-state index contributed by atoms with van der Waals surface area (Å²) < 4.78 is 2.25. The van der Waals surface area contributed by atoms with Gasteiger partial charge in [-0.1, -0.05) is 54.4 Å². The monoisotopic (exact) mass is 438 g/mol. The summed E-state index contributed by atoms with van der Waals surface area (Å²) in [6.07, 6.45) is 3.76. The molecule has 0 saturated heterocycles. The van der Waals surface area contributed by atoms with Crippen LogP contribution in [-0.2, 0) is 11.4 Å². The smallest absolute Gasteiger partial charge is 0.341 e. The first-order chi connectivity index (χ1) is 16.2. The van der Waals surface area contributed by atoms with Gasteiger partial charge in [-0.25, -0.2) is 4.79 Å². The Kier molecular flexibility index (Phi) is 5.78. The lowest BCUT2D eigenvalue weighted by atomic mass is 10.00. The zero-order valence-electron chi connectivity index (χ0n) is 18.7. The Bertz CT molecular complexity index is 1360. The van der Waals surface area contributed by atoms with E-state index in [0.717, 1.165) is 34.8 Å². The number of nitrogens with zero attached hydrogens (tertiary/aromatic N) is 2. The van der Waals surface area contributed by atoms with Crippen LogP contribution in [0.3, 0.4) is 0 Å². The maximum Gasteiger partial charge on any atom is 0.365 e. The first kappa shape index (κ1) is 21.1. The van der Waals surface area contributed by atoms with Gasteiger partial charge < -0.3 is 9.40 Å². The van der Waals surface area contributed by atoms with Crippen molar-refractivity contribution in [2.45, 2.75) is 39.2 Å². The van der Waals surface area contributed by atoms with Gasteiger partial charge in [0.25, 0.3) is 0 Å². The van der Waals surface area contributed by atoms with E-state index in [0.29, 0.717) is 29.2 Å². The number of hydrogen-bond donors (Lipinski definition) is 0. The average molecular weight is 439 g/mol. The van der Waals surface area contributed by atoms with Crippen molar-refractivity contribution in [2.24, 2.45) is 11.1 Å². The molecule has 1 aliphatic rings. The van der Waals surface area contributed by atoms with Crippen LogP contribution < -0.4 is 0 Å². The summed E-state index contributed by atoms with van der Waals surface area (Å²) in [5, 5.41) is 6.22.